The van der Waals surface area contributed by atoms with Crippen LogP contribution >= 0.6 is 0 Å². The van der Waals surface area contributed by atoms with Crippen LogP contribution in [0.4, 0.5) is 0 Å². The largest absolute Gasteiger partial charge is 0.493 e. The molecule has 1 aliphatic rings. The lowest BCUT2D eigenvalue weighted by molar-refractivity contribution is 0.0734. The minimum absolute atomic E-state index is 0.212. The van der Waals surface area contributed by atoms with Gasteiger partial charge >= 0.3 is 5.97 Å². The van der Waals surface area contributed by atoms with Crippen molar-refractivity contribution in [3.8, 4) is 23.0 Å². The van der Waals surface area contributed by atoms with Crippen molar-refractivity contribution in [2.75, 3.05) is 14.2 Å². The summed E-state index contributed by atoms with van der Waals surface area (Å²) in [6.07, 6.45) is 1.71. The third kappa shape index (κ3) is 4.60. The molecule has 0 radical (unpaired) electrons. The number of esters is 1. The smallest absolute Gasteiger partial charge is 0.343 e. The van der Waals surface area contributed by atoms with E-state index >= 15 is 0 Å². The molecule has 6 heteroatoms. The Morgan fingerprint density at radius 3 is 2.30 bits per heavy atom. The number of benzene rings is 3. The summed E-state index contributed by atoms with van der Waals surface area (Å²) < 4.78 is 21.7. The maximum atomic E-state index is 12.7. The second-order valence-electron chi connectivity index (χ2n) is 7.88. The molecule has 1 heterocycles. The fraction of sp³-hybridized carbons (Fsp3) is 0.185. The normalized spacial score (nSPS) is 13.6. The van der Waals surface area contributed by atoms with Crippen molar-refractivity contribution in [3.63, 3.8) is 0 Å². The van der Waals surface area contributed by atoms with E-state index in [1.807, 2.05) is 24.3 Å². The Balaban J connectivity index is 1.51. The van der Waals surface area contributed by atoms with Crippen molar-refractivity contribution in [2.45, 2.75) is 19.8 Å². The fourth-order valence-corrected chi connectivity index (χ4v) is 3.49. The number of carbonyl (C=O) groups is 2. The predicted octanol–water partition coefficient (Wildman–Crippen LogP) is 5.66. The number of methoxy groups -OCH3 is 2. The van der Waals surface area contributed by atoms with Crippen LogP contribution in [-0.4, -0.2) is 26.0 Å². The van der Waals surface area contributed by atoms with Crippen LogP contribution in [0, 0.1) is 0 Å². The van der Waals surface area contributed by atoms with Gasteiger partial charge in [0.25, 0.3) is 0 Å². The van der Waals surface area contributed by atoms with Crippen molar-refractivity contribution in [1.82, 2.24) is 0 Å². The molecule has 33 heavy (non-hydrogen) atoms. The van der Waals surface area contributed by atoms with Gasteiger partial charge in [-0.1, -0.05) is 38.1 Å². The van der Waals surface area contributed by atoms with Crippen molar-refractivity contribution in [2.24, 2.45) is 0 Å². The van der Waals surface area contributed by atoms with Gasteiger partial charge < -0.3 is 18.9 Å². The van der Waals surface area contributed by atoms with Crippen LogP contribution in [0.3, 0.4) is 0 Å². The summed E-state index contributed by atoms with van der Waals surface area (Å²) >= 11 is 0. The minimum Gasteiger partial charge on any atom is -0.493 e. The van der Waals surface area contributed by atoms with E-state index in [2.05, 4.69) is 13.8 Å². The molecule has 3 aromatic carbocycles. The highest BCUT2D eigenvalue weighted by Crippen LogP contribution is 2.35. The van der Waals surface area contributed by atoms with Crippen LogP contribution in [0.25, 0.3) is 6.08 Å². The quantitative estimate of drug-likeness (QED) is 0.277. The fourth-order valence-electron chi connectivity index (χ4n) is 3.49. The summed E-state index contributed by atoms with van der Waals surface area (Å²) in [5, 5.41) is 0. The monoisotopic (exact) mass is 444 g/mol. The predicted molar refractivity (Wildman–Crippen MR) is 124 cm³/mol. The van der Waals surface area contributed by atoms with Crippen LogP contribution in [0.15, 0.2) is 66.4 Å². The van der Waals surface area contributed by atoms with Gasteiger partial charge in [0.05, 0.1) is 25.3 Å². The second kappa shape index (κ2) is 9.20. The standard InChI is InChI=1S/C27H24O6/c1-16(2)18-7-5-17(6-8-18)13-25-26(28)21-11-10-20(15-23(21)33-25)32-27(29)19-9-12-22(30-3)24(14-19)31-4/h5-16H,1-4H3/b25-13-. The molecule has 0 saturated carbocycles. The molecule has 0 N–H and O–H groups in total. The first-order chi connectivity index (χ1) is 15.9. The van der Waals surface area contributed by atoms with Crippen LogP contribution < -0.4 is 18.9 Å². The highest BCUT2D eigenvalue weighted by Gasteiger charge is 2.28. The van der Waals surface area contributed by atoms with Gasteiger partial charge in [-0.15, -0.1) is 0 Å². The zero-order valence-electron chi connectivity index (χ0n) is 18.9. The van der Waals surface area contributed by atoms with E-state index in [1.54, 1.807) is 36.4 Å². The van der Waals surface area contributed by atoms with Crippen LogP contribution in [-0.2, 0) is 0 Å². The van der Waals surface area contributed by atoms with Crippen molar-refractivity contribution in [1.29, 1.82) is 0 Å². The molecule has 0 bridgehead atoms. The number of allylic oxidation sites excluding steroid dienone is 1. The Labute approximate surface area is 192 Å². The van der Waals surface area contributed by atoms with E-state index in [-0.39, 0.29) is 17.3 Å². The van der Waals surface area contributed by atoms with Gasteiger partial charge in [-0.3, -0.25) is 4.79 Å². The molecule has 6 nitrogen and oxygen atoms in total. The lowest BCUT2D eigenvalue weighted by atomic mass is 10.0. The number of ether oxygens (including phenoxy) is 4. The zero-order chi connectivity index (χ0) is 23.5. The summed E-state index contributed by atoms with van der Waals surface area (Å²) in [4.78, 5) is 25.3. The molecule has 0 fully saturated rings. The van der Waals surface area contributed by atoms with Gasteiger partial charge in [0.2, 0.25) is 5.78 Å². The Bertz CT molecular complexity index is 1240. The van der Waals surface area contributed by atoms with E-state index in [4.69, 9.17) is 18.9 Å². The lowest BCUT2D eigenvalue weighted by Gasteiger charge is -2.10. The summed E-state index contributed by atoms with van der Waals surface area (Å²) in [6.45, 7) is 4.26. The van der Waals surface area contributed by atoms with Gasteiger partial charge in [0, 0.05) is 6.07 Å². The van der Waals surface area contributed by atoms with Crippen LogP contribution in [0.2, 0.25) is 0 Å². The molecule has 4 rings (SSSR count). The van der Waals surface area contributed by atoms with Crippen molar-refractivity contribution >= 4 is 17.8 Å². The van der Waals surface area contributed by atoms with Gasteiger partial charge in [-0.2, -0.15) is 0 Å². The van der Waals surface area contributed by atoms with Gasteiger partial charge in [0.1, 0.15) is 11.5 Å². The maximum absolute atomic E-state index is 12.7. The number of rotatable bonds is 6. The number of fused-ring (bicyclic) bond motifs is 1. The molecule has 0 spiro atoms. The minimum atomic E-state index is -0.568. The molecular formula is C27H24O6. The van der Waals surface area contributed by atoms with E-state index in [9.17, 15) is 9.59 Å². The third-order valence-electron chi connectivity index (χ3n) is 5.37. The molecular weight excluding hydrogens is 420 g/mol. The van der Waals surface area contributed by atoms with Gasteiger partial charge in [-0.05, 0) is 53.5 Å². The zero-order valence-corrected chi connectivity index (χ0v) is 18.9. The van der Waals surface area contributed by atoms with Gasteiger partial charge in [0.15, 0.2) is 17.3 Å². The molecule has 0 saturated heterocycles. The molecule has 0 atom stereocenters. The average Bonchev–Trinajstić information content (AvgIpc) is 3.13. The van der Waals surface area contributed by atoms with E-state index < -0.39 is 5.97 Å². The number of carbonyl (C=O) groups excluding carboxylic acids is 2. The first-order valence-electron chi connectivity index (χ1n) is 10.5. The lowest BCUT2D eigenvalue weighted by Crippen LogP contribution is -2.09. The summed E-state index contributed by atoms with van der Waals surface area (Å²) in [7, 11) is 3.01. The number of hydrogen-bond donors (Lipinski definition) is 0. The third-order valence-corrected chi connectivity index (χ3v) is 5.37. The van der Waals surface area contributed by atoms with Crippen molar-refractivity contribution < 1.29 is 28.5 Å². The van der Waals surface area contributed by atoms with E-state index in [0.717, 1.165) is 5.56 Å². The number of hydrogen-bond acceptors (Lipinski definition) is 6. The van der Waals surface area contributed by atoms with E-state index in [0.29, 0.717) is 34.3 Å². The SMILES string of the molecule is COc1ccc(C(=O)Oc2ccc3c(c2)O/C(=C\c2ccc(C(C)C)cc2)C3=O)cc1OC. The van der Waals surface area contributed by atoms with Crippen LogP contribution in [0.5, 0.6) is 23.0 Å². The first-order valence-corrected chi connectivity index (χ1v) is 10.5. The Kier molecular flexibility index (Phi) is 6.18. The molecule has 0 unspecified atom stereocenters. The van der Waals surface area contributed by atoms with Crippen LogP contribution in [0.1, 0.15) is 51.6 Å². The highest BCUT2D eigenvalue weighted by atomic mass is 16.5. The first kappa shape index (κ1) is 22.1. The highest BCUT2D eigenvalue weighted by molar-refractivity contribution is 6.14. The summed E-state index contributed by atoms with van der Waals surface area (Å²) in [5.74, 6) is 1.43. The number of ketones is 1. The molecule has 0 aromatic heterocycles. The summed E-state index contributed by atoms with van der Waals surface area (Å²) in [5.41, 5.74) is 2.82. The summed E-state index contributed by atoms with van der Waals surface area (Å²) in [6, 6.07) is 17.4. The molecule has 168 valence electrons. The Hall–Kier alpha value is -4.06. The van der Waals surface area contributed by atoms with E-state index in [1.165, 1.54) is 25.8 Å². The Morgan fingerprint density at radius 1 is 0.909 bits per heavy atom. The van der Waals surface area contributed by atoms with Gasteiger partial charge in [-0.25, -0.2) is 4.79 Å². The molecule has 0 aliphatic carbocycles. The molecule has 0 amide bonds. The second-order valence-corrected chi connectivity index (χ2v) is 7.88. The topological polar surface area (TPSA) is 71.1 Å². The molecule has 1 aliphatic heterocycles. The maximum Gasteiger partial charge on any atom is 0.343 e. The number of Topliss-reactive ketones (excluding diaryl/α,β-unsaturated/α-hetero) is 1. The Morgan fingerprint density at radius 2 is 1.64 bits per heavy atom. The average molecular weight is 444 g/mol. The molecule has 3 aromatic rings. The van der Waals surface area contributed by atoms with Crippen molar-refractivity contribution in [3.05, 3.63) is 88.7 Å².